The normalized spacial score (nSPS) is 15.9. The van der Waals surface area contributed by atoms with Crippen LogP contribution >= 0.6 is 0 Å². The summed E-state index contributed by atoms with van der Waals surface area (Å²) in [5.74, 6) is 0. The first kappa shape index (κ1) is 31.0. The standard InChI is InChI=1S/C51H38N2O/c1-3-18-38(19-4-1)52(40-28-29-48-43(34-40)42-23-9-10-27-47(42)54-48)45-25-12-16-36-30-32-51(49(36)45)33-31-37-17-13-26-46(50(37)51)53(39-20-5-2-6-21-39)44-24-11-15-35-14-7-8-22-41(35)44/h1-29,34H,30-33H2/t51-/m1/s1. The molecule has 11 rings (SSSR count). The zero-order valence-corrected chi connectivity index (χ0v) is 30.0. The number of hydrogen-bond acceptors (Lipinski definition) is 3. The Labute approximate surface area is 315 Å². The van der Waals surface area contributed by atoms with Crippen molar-refractivity contribution in [3.05, 3.63) is 204 Å². The molecule has 0 amide bonds. The van der Waals surface area contributed by atoms with E-state index in [-0.39, 0.29) is 5.41 Å². The van der Waals surface area contributed by atoms with Crippen molar-refractivity contribution in [2.24, 2.45) is 0 Å². The summed E-state index contributed by atoms with van der Waals surface area (Å²) in [6.07, 6.45) is 4.25. The van der Waals surface area contributed by atoms with Crippen molar-refractivity contribution in [3.63, 3.8) is 0 Å². The molecule has 0 N–H and O–H groups in total. The third-order valence-corrected chi connectivity index (χ3v) is 12.0. The lowest BCUT2D eigenvalue weighted by atomic mass is 9.74. The predicted molar refractivity (Wildman–Crippen MR) is 224 cm³/mol. The van der Waals surface area contributed by atoms with Gasteiger partial charge in [0, 0.05) is 38.6 Å². The SMILES string of the molecule is c1ccc(N(c2ccc3oc4ccccc4c3c2)c2cccc3c2[C@@]2(CC3)CCc3cccc(N(c4ccccc4)c4cccc5ccccc45)c32)cc1. The first-order valence-electron chi connectivity index (χ1n) is 19.1. The molecule has 0 aliphatic heterocycles. The lowest BCUT2D eigenvalue weighted by molar-refractivity contribution is 0.508. The minimum atomic E-state index is -0.158. The Kier molecular flexibility index (Phi) is 7.03. The summed E-state index contributed by atoms with van der Waals surface area (Å²) in [4.78, 5) is 5.02. The van der Waals surface area contributed by atoms with Crippen LogP contribution < -0.4 is 9.80 Å². The average Bonchev–Trinajstić information content (AvgIpc) is 3.93. The third-order valence-electron chi connectivity index (χ3n) is 12.0. The molecule has 2 aliphatic rings. The number of para-hydroxylation sites is 3. The summed E-state index contributed by atoms with van der Waals surface area (Å²) in [6, 6.07) is 66.4. The zero-order chi connectivity index (χ0) is 35.6. The largest absolute Gasteiger partial charge is 0.456 e. The Bertz CT molecular complexity index is 2850. The smallest absolute Gasteiger partial charge is 0.135 e. The quantitative estimate of drug-likeness (QED) is 0.173. The Hall–Kier alpha value is -6.58. The van der Waals surface area contributed by atoms with E-state index < -0.39 is 0 Å². The van der Waals surface area contributed by atoms with Gasteiger partial charge in [0.15, 0.2) is 0 Å². The molecule has 3 heteroatoms. The van der Waals surface area contributed by atoms with E-state index in [4.69, 9.17) is 4.42 Å². The molecule has 1 atom stereocenters. The van der Waals surface area contributed by atoms with Gasteiger partial charge in [-0.25, -0.2) is 0 Å². The highest BCUT2D eigenvalue weighted by Gasteiger charge is 2.49. The van der Waals surface area contributed by atoms with Gasteiger partial charge in [0.05, 0.1) is 17.1 Å². The van der Waals surface area contributed by atoms with E-state index in [1.54, 1.807) is 0 Å². The highest BCUT2D eigenvalue weighted by atomic mass is 16.3. The molecule has 0 fully saturated rings. The van der Waals surface area contributed by atoms with Gasteiger partial charge in [-0.3, -0.25) is 0 Å². The van der Waals surface area contributed by atoms with Crippen molar-refractivity contribution in [1.29, 1.82) is 0 Å². The van der Waals surface area contributed by atoms with E-state index in [0.29, 0.717) is 0 Å². The van der Waals surface area contributed by atoms with Crippen LogP contribution in [0.2, 0.25) is 0 Å². The van der Waals surface area contributed by atoms with Crippen LogP contribution in [-0.2, 0) is 18.3 Å². The molecule has 54 heavy (non-hydrogen) atoms. The van der Waals surface area contributed by atoms with Crippen LogP contribution in [0.15, 0.2) is 186 Å². The van der Waals surface area contributed by atoms with Gasteiger partial charge in [-0.1, -0.05) is 115 Å². The van der Waals surface area contributed by atoms with Crippen LogP contribution in [0.3, 0.4) is 0 Å². The van der Waals surface area contributed by atoms with E-state index in [1.165, 1.54) is 55.8 Å². The van der Waals surface area contributed by atoms with Crippen molar-refractivity contribution in [2.75, 3.05) is 9.80 Å². The van der Waals surface area contributed by atoms with Gasteiger partial charge in [-0.05, 0) is 120 Å². The van der Waals surface area contributed by atoms with E-state index in [9.17, 15) is 0 Å². The molecule has 0 bridgehead atoms. The molecule has 258 valence electrons. The lowest BCUT2D eigenvalue weighted by Crippen LogP contribution is -2.27. The van der Waals surface area contributed by atoms with Gasteiger partial charge in [-0.2, -0.15) is 0 Å². The fourth-order valence-electron chi connectivity index (χ4n) is 9.76. The van der Waals surface area contributed by atoms with E-state index in [2.05, 4.69) is 186 Å². The molecule has 9 aromatic rings. The molecule has 0 saturated heterocycles. The number of aryl methyl sites for hydroxylation is 2. The third kappa shape index (κ3) is 4.68. The Morgan fingerprint density at radius 3 is 1.65 bits per heavy atom. The summed E-state index contributed by atoms with van der Waals surface area (Å²) >= 11 is 0. The van der Waals surface area contributed by atoms with Gasteiger partial charge in [-0.15, -0.1) is 0 Å². The molecule has 0 radical (unpaired) electrons. The predicted octanol–water partition coefficient (Wildman–Crippen LogP) is 13.9. The van der Waals surface area contributed by atoms with Crippen molar-refractivity contribution in [3.8, 4) is 0 Å². The molecular weight excluding hydrogens is 657 g/mol. The van der Waals surface area contributed by atoms with Crippen LogP contribution in [-0.4, -0.2) is 0 Å². The second-order valence-corrected chi connectivity index (χ2v) is 14.8. The maximum atomic E-state index is 6.30. The lowest BCUT2D eigenvalue weighted by Gasteiger charge is -2.37. The maximum Gasteiger partial charge on any atom is 0.135 e. The van der Waals surface area contributed by atoms with Crippen LogP contribution in [0.1, 0.15) is 35.1 Å². The van der Waals surface area contributed by atoms with Crippen LogP contribution in [0.25, 0.3) is 32.7 Å². The Balaban J connectivity index is 1.15. The summed E-state index contributed by atoms with van der Waals surface area (Å²) in [5.41, 5.74) is 14.7. The molecule has 1 spiro atoms. The summed E-state index contributed by atoms with van der Waals surface area (Å²) in [7, 11) is 0. The first-order chi connectivity index (χ1) is 26.8. The highest BCUT2D eigenvalue weighted by molar-refractivity contribution is 6.07. The molecule has 3 nitrogen and oxygen atoms in total. The number of rotatable bonds is 6. The monoisotopic (exact) mass is 694 g/mol. The molecule has 2 aliphatic carbocycles. The van der Waals surface area contributed by atoms with Crippen molar-refractivity contribution >= 4 is 66.8 Å². The van der Waals surface area contributed by atoms with Crippen molar-refractivity contribution < 1.29 is 4.42 Å². The zero-order valence-electron chi connectivity index (χ0n) is 30.0. The molecule has 0 unspecified atom stereocenters. The van der Waals surface area contributed by atoms with Crippen LogP contribution in [0.5, 0.6) is 0 Å². The summed E-state index contributed by atoms with van der Waals surface area (Å²) < 4.78 is 6.30. The molecule has 8 aromatic carbocycles. The Morgan fingerprint density at radius 2 is 0.926 bits per heavy atom. The van der Waals surface area contributed by atoms with Gasteiger partial charge >= 0.3 is 0 Å². The number of nitrogens with zero attached hydrogens (tertiary/aromatic N) is 2. The molecular formula is C51H38N2O. The maximum absolute atomic E-state index is 6.30. The van der Waals surface area contributed by atoms with Gasteiger partial charge < -0.3 is 14.2 Å². The number of furan rings is 1. The second kappa shape index (κ2) is 12.2. The highest BCUT2D eigenvalue weighted by Crippen LogP contribution is 2.60. The van der Waals surface area contributed by atoms with E-state index in [1.807, 2.05) is 6.07 Å². The number of benzene rings is 8. The molecule has 0 saturated carbocycles. The minimum absolute atomic E-state index is 0.158. The van der Waals surface area contributed by atoms with Crippen LogP contribution in [0, 0.1) is 0 Å². The second-order valence-electron chi connectivity index (χ2n) is 14.8. The summed E-state index contributed by atoms with van der Waals surface area (Å²) in [6.45, 7) is 0. The molecule has 1 aromatic heterocycles. The Morgan fingerprint density at radius 1 is 0.389 bits per heavy atom. The molecule has 1 heterocycles. The van der Waals surface area contributed by atoms with Gasteiger partial charge in [0.1, 0.15) is 11.2 Å². The van der Waals surface area contributed by atoms with E-state index in [0.717, 1.165) is 59.0 Å². The average molecular weight is 695 g/mol. The topological polar surface area (TPSA) is 19.6 Å². The number of fused-ring (bicyclic) bond motifs is 8. The number of hydrogen-bond donors (Lipinski definition) is 0. The van der Waals surface area contributed by atoms with Crippen molar-refractivity contribution in [2.45, 2.75) is 31.1 Å². The van der Waals surface area contributed by atoms with Crippen LogP contribution in [0.4, 0.5) is 34.1 Å². The minimum Gasteiger partial charge on any atom is -0.456 e. The van der Waals surface area contributed by atoms with Gasteiger partial charge in [0.25, 0.3) is 0 Å². The number of anilines is 6. The van der Waals surface area contributed by atoms with E-state index >= 15 is 0 Å². The van der Waals surface area contributed by atoms with Crippen molar-refractivity contribution in [1.82, 2.24) is 0 Å². The fourth-order valence-corrected chi connectivity index (χ4v) is 9.76. The van der Waals surface area contributed by atoms with Gasteiger partial charge in [0.2, 0.25) is 0 Å². The first-order valence-corrected chi connectivity index (χ1v) is 19.1. The summed E-state index contributed by atoms with van der Waals surface area (Å²) in [5, 5.41) is 4.76. The fraction of sp³-hybridized carbons (Fsp3) is 0.0980.